The smallest absolute Gasteiger partial charge is 0.327 e. The molecule has 0 aliphatic carbocycles. The SMILES string of the molecule is CC(C)C(NC(=O)C(N)CCCCN)C(=O)NC(CCCN=C(N)N)C(=O)NC(CS)C(=O)O. The molecule has 14 heteroatoms. The number of carbonyl (C=O) groups excluding carboxylic acids is 3. The molecule has 0 aliphatic rings. The number of aliphatic imine (C=N–C) groups is 1. The molecule has 0 fully saturated rings. The summed E-state index contributed by atoms with van der Waals surface area (Å²) in [7, 11) is 0. The minimum absolute atomic E-state index is 0.114. The van der Waals surface area contributed by atoms with Crippen LogP contribution in [0.3, 0.4) is 0 Å². The van der Waals surface area contributed by atoms with Crippen molar-refractivity contribution < 1.29 is 24.3 Å². The number of hydrogen-bond acceptors (Lipinski definition) is 8. The van der Waals surface area contributed by atoms with Crippen molar-refractivity contribution in [2.45, 2.75) is 70.1 Å². The van der Waals surface area contributed by atoms with Gasteiger partial charge in [-0.1, -0.05) is 20.3 Å². The lowest BCUT2D eigenvalue weighted by Gasteiger charge is -2.27. The van der Waals surface area contributed by atoms with E-state index in [0.29, 0.717) is 25.8 Å². The van der Waals surface area contributed by atoms with Crippen molar-refractivity contribution in [2.75, 3.05) is 18.8 Å². The van der Waals surface area contributed by atoms with Gasteiger partial charge in [-0.2, -0.15) is 12.6 Å². The van der Waals surface area contributed by atoms with E-state index >= 15 is 0 Å². The molecule has 0 bridgehead atoms. The third-order valence-corrected chi connectivity index (χ3v) is 5.29. The van der Waals surface area contributed by atoms with E-state index in [1.807, 2.05) is 0 Å². The first-order chi connectivity index (χ1) is 15.9. The van der Waals surface area contributed by atoms with Crippen molar-refractivity contribution in [1.82, 2.24) is 16.0 Å². The molecule has 4 unspecified atom stereocenters. The Labute approximate surface area is 205 Å². The second kappa shape index (κ2) is 16.9. The maximum absolute atomic E-state index is 13.0. The Morgan fingerprint density at radius 1 is 0.912 bits per heavy atom. The van der Waals surface area contributed by atoms with Crippen LogP contribution in [0, 0.1) is 5.92 Å². The lowest BCUT2D eigenvalue weighted by molar-refractivity contribution is -0.141. The Morgan fingerprint density at radius 2 is 1.53 bits per heavy atom. The lowest BCUT2D eigenvalue weighted by Crippen LogP contribution is -2.58. The number of nitrogens with two attached hydrogens (primary N) is 4. The largest absolute Gasteiger partial charge is 0.480 e. The van der Waals surface area contributed by atoms with Gasteiger partial charge in [-0.15, -0.1) is 0 Å². The van der Waals surface area contributed by atoms with Crippen LogP contribution in [-0.2, 0) is 19.2 Å². The molecule has 0 spiro atoms. The standard InChI is InChI=1S/C20H40N8O5S/c1-11(2)15(28-16(29)12(22)6-3-4-8-21)18(31)26-13(7-5-9-25-20(23)24)17(30)27-14(10-34)19(32)33/h11-15,34H,3-10,21-22H2,1-2H3,(H,26,31)(H,27,30)(H,28,29)(H,32,33)(H4,23,24,25). The molecule has 0 saturated heterocycles. The van der Waals surface area contributed by atoms with Gasteiger partial charge in [0.05, 0.1) is 6.04 Å². The number of thiol groups is 1. The number of guanidine groups is 1. The highest BCUT2D eigenvalue weighted by Crippen LogP contribution is 2.07. The monoisotopic (exact) mass is 504 g/mol. The van der Waals surface area contributed by atoms with Crippen molar-refractivity contribution in [2.24, 2.45) is 33.8 Å². The first kappa shape index (κ1) is 31.4. The highest BCUT2D eigenvalue weighted by atomic mass is 32.1. The van der Waals surface area contributed by atoms with E-state index in [4.69, 9.17) is 22.9 Å². The molecule has 13 nitrogen and oxygen atoms in total. The molecule has 4 atom stereocenters. The number of aliphatic carboxylic acids is 1. The van der Waals surface area contributed by atoms with Crippen LogP contribution in [0.15, 0.2) is 4.99 Å². The minimum Gasteiger partial charge on any atom is -0.480 e. The number of amides is 3. The average Bonchev–Trinajstić information content (AvgIpc) is 2.76. The summed E-state index contributed by atoms with van der Waals surface area (Å²) in [4.78, 5) is 53.3. The zero-order valence-electron chi connectivity index (χ0n) is 19.8. The fourth-order valence-electron chi connectivity index (χ4n) is 2.93. The van der Waals surface area contributed by atoms with Crippen molar-refractivity contribution in [3.05, 3.63) is 0 Å². The number of hydrogen-bond donors (Lipinski definition) is 9. The summed E-state index contributed by atoms with van der Waals surface area (Å²) in [5.74, 6) is -3.61. The predicted molar refractivity (Wildman–Crippen MR) is 133 cm³/mol. The topological polar surface area (TPSA) is 241 Å². The van der Waals surface area contributed by atoms with E-state index in [2.05, 4.69) is 33.6 Å². The van der Waals surface area contributed by atoms with Gasteiger partial charge in [-0.05, 0) is 38.1 Å². The Hall–Kier alpha value is -2.58. The zero-order valence-corrected chi connectivity index (χ0v) is 20.7. The maximum Gasteiger partial charge on any atom is 0.327 e. The van der Waals surface area contributed by atoms with Crippen LogP contribution >= 0.6 is 12.6 Å². The highest BCUT2D eigenvalue weighted by molar-refractivity contribution is 7.80. The molecule has 0 heterocycles. The van der Waals surface area contributed by atoms with E-state index in [1.54, 1.807) is 13.8 Å². The molecule has 0 aliphatic heterocycles. The summed E-state index contributed by atoms with van der Waals surface area (Å²) in [6, 6.07) is -4.08. The van der Waals surface area contributed by atoms with Gasteiger partial charge in [0.25, 0.3) is 0 Å². The van der Waals surface area contributed by atoms with Crippen LogP contribution in [0.5, 0.6) is 0 Å². The molecule has 0 saturated carbocycles. The van der Waals surface area contributed by atoms with Gasteiger partial charge in [0, 0.05) is 12.3 Å². The highest BCUT2D eigenvalue weighted by Gasteiger charge is 2.31. The normalized spacial score (nSPS) is 14.4. The van der Waals surface area contributed by atoms with Crippen molar-refractivity contribution in [3.63, 3.8) is 0 Å². The number of nitrogens with one attached hydrogen (secondary N) is 3. The molecule has 0 aromatic heterocycles. The summed E-state index contributed by atoms with van der Waals surface area (Å²) < 4.78 is 0. The van der Waals surface area contributed by atoms with Crippen LogP contribution in [0.2, 0.25) is 0 Å². The van der Waals surface area contributed by atoms with Gasteiger partial charge >= 0.3 is 5.97 Å². The summed E-state index contributed by atoms with van der Waals surface area (Å²) >= 11 is 3.93. The van der Waals surface area contributed by atoms with Gasteiger partial charge in [0.15, 0.2) is 5.96 Å². The molecule has 0 rings (SSSR count). The Morgan fingerprint density at radius 3 is 2.03 bits per heavy atom. The summed E-state index contributed by atoms with van der Waals surface area (Å²) in [6.07, 6.45) is 2.29. The first-order valence-corrected chi connectivity index (χ1v) is 11.8. The van der Waals surface area contributed by atoms with Crippen molar-refractivity contribution >= 4 is 42.3 Å². The van der Waals surface area contributed by atoms with Gasteiger partial charge in [0.1, 0.15) is 18.1 Å². The molecule has 196 valence electrons. The third-order valence-electron chi connectivity index (χ3n) is 4.93. The fraction of sp³-hybridized carbons (Fsp3) is 0.750. The van der Waals surface area contributed by atoms with Gasteiger partial charge < -0.3 is 44.0 Å². The Bertz CT molecular complexity index is 702. The maximum atomic E-state index is 13.0. The first-order valence-electron chi connectivity index (χ1n) is 11.2. The van der Waals surface area contributed by atoms with Crippen molar-refractivity contribution in [1.29, 1.82) is 0 Å². The van der Waals surface area contributed by atoms with Crippen LogP contribution < -0.4 is 38.9 Å². The number of unbranched alkanes of at least 4 members (excludes halogenated alkanes) is 1. The molecule has 3 amide bonds. The Balaban J connectivity index is 5.37. The van der Waals surface area contributed by atoms with E-state index < -0.39 is 47.9 Å². The second-order valence-electron chi connectivity index (χ2n) is 8.21. The Kier molecular flexibility index (Phi) is 15.7. The molecule has 12 N–H and O–H groups in total. The van der Waals surface area contributed by atoms with E-state index in [0.717, 1.165) is 6.42 Å². The zero-order chi connectivity index (χ0) is 26.3. The third kappa shape index (κ3) is 12.6. The average molecular weight is 505 g/mol. The molecular formula is C20H40N8O5S. The molecule has 0 aromatic carbocycles. The number of nitrogens with zero attached hydrogens (tertiary/aromatic N) is 1. The number of rotatable bonds is 17. The number of carbonyl (C=O) groups is 4. The van der Waals surface area contributed by atoms with Gasteiger partial charge in [-0.3, -0.25) is 19.4 Å². The number of carboxylic acids is 1. The molecule has 34 heavy (non-hydrogen) atoms. The van der Waals surface area contributed by atoms with Crippen LogP contribution in [-0.4, -0.2) is 77.8 Å². The quantitative estimate of drug-likeness (QED) is 0.0444. The summed E-state index contributed by atoms with van der Waals surface area (Å²) in [5, 5.41) is 16.8. The lowest BCUT2D eigenvalue weighted by atomic mass is 10.0. The second-order valence-corrected chi connectivity index (χ2v) is 8.58. The minimum atomic E-state index is -1.26. The van der Waals surface area contributed by atoms with Crippen LogP contribution in [0.25, 0.3) is 0 Å². The van der Waals surface area contributed by atoms with E-state index in [-0.39, 0.29) is 30.6 Å². The molecule has 0 aromatic rings. The predicted octanol–water partition coefficient (Wildman–Crippen LogP) is -2.38. The fourth-order valence-corrected chi connectivity index (χ4v) is 3.17. The van der Waals surface area contributed by atoms with E-state index in [1.165, 1.54) is 0 Å². The van der Waals surface area contributed by atoms with Gasteiger partial charge in [0.2, 0.25) is 17.7 Å². The number of carboxylic acid groups (broad SMARTS) is 1. The molecular weight excluding hydrogens is 464 g/mol. The van der Waals surface area contributed by atoms with Crippen LogP contribution in [0.4, 0.5) is 0 Å². The summed E-state index contributed by atoms with van der Waals surface area (Å²) in [5.41, 5.74) is 22.0. The van der Waals surface area contributed by atoms with E-state index in [9.17, 15) is 24.3 Å². The van der Waals surface area contributed by atoms with Gasteiger partial charge in [-0.25, -0.2) is 4.79 Å². The van der Waals surface area contributed by atoms with Crippen molar-refractivity contribution in [3.8, 4) is 0 Å². The summed E-state index contributed by atoms with van der Waals surface area (Å²) in [6.45, 7) is 4.17. The van der Waals surface area contributed by atoms with Crippen LogP contribution in [0.1, 0.15) is 46.0 Å². The molecule has 0 radical (unpaired) electrons.